The first-order valence-corrected chi connectivity index (χ1v) is 14.7. The highest BCUT2D eigenvalue weighted by Crippen LogP contribution is 2.39. The average molecular weight is 538 g/mol. The van der Waals surface area contributed by atoms with Crippen LogP contribution in [0.3, 0.4) is 0 Å². The van der Waals surface area contributed by atoms with E-state index in [9.17, 15) is 8.42 Å². The fourth-order valence-electron chi connectivity index (χ4n) is 5.28. The molecule has 0 fully saturated rings. The molecule has 2 aromatic heterocycles. The fraction of sp³-hybridized carbons (Fsp3) is 0.464. The summed E-state index contributed by atoms with van der Waals surface area (Å²) in [6.45, 7) is 6.28. The fourth-order valence-corrected chi connectivity index (χ4v) is 6.76. The number of aliphatic hydroxyl groups excluding tert-OH is 1. The van der Waals surface area contributed by atoms with Gasteiger partial charge in [-0.1, -0.05) is 19.9 Å². The number of fused-ring (bicyclic) bond motifs is 2. The summed E-state index contributed by atoms with van der Waals surface area (Å²) in [5.41, 5.74) is 5.14. The van der Waals surface area contributed by atoms with Crippen molar-refractivity contribution < 1.29 is 18.3 Å². The predicted molar refractivity (Wildman–Crippen MR) is 147 cm³/mol. The third kappa shape index (κ3) is 5.33. The topological polar surface area (TPSA) is 118 Å². The summed E-state index contributed by atoms with van der Waals surface area (Å²) in [5.74, 6) is 1.94. The van der Waals surface area contributed by atoms with Crippen LogP contribution in [0.1, 0.15) is 43.5 Å². The molecule has 0 atom stereocenters. The lowest BCUT2D eigenvalue weighted by atomic mass is 9.76. The van der Waals surface area contributed by atoms with Crippen LogP contribution in [-0.4, -0.2) is 61.0 Å². The minimum absolute atomic E-state index is 0.133. The van der Waals surface area contributed by atoms with Gasteiger partial charge in [-0.15, -0.1) is 0 Å². The van der Waals surface area contributed by atoms with Crippen molar-refractivity contribution in [2.75, 3.05) is 42.8 Å². The molecule has 2 N–H and O–H groups in total. The Labute approximate surface area is 224 Å². The highest BCUT2D eigenvalue weighted by molar-refractivity contribution is 7.91. The van der Waals surface area contributed by atoms with Crippen LogP contribution < -0.4 is 15.0 Å². The molecule has 38 heavy (non-hydrogen) atoms. The number of nitrogens with zero attached hydrogens (tertiary/aromatic N) is 4. The Hall–Kier alpha value is -3.24. The quantitative estimate of drug-likeness (QED) is 0.466. The van der Waals surface area contributed by atoms with E-state index in [0.717, 1.165) is 47.7 Å². The number of aryl methyl sites for hydroxylation is 1. The number of ether oxygens (including phenoxy) is 1. The van der Waals surface area contributed by atoms with E-state index in [2.05, 4.69) is 34.0 Å². The van der Waals surface area contributed by atoms with Gasteiger partial charge < -0.3 is 20.1 Å². The summed E-state index contributed by atoms with van der Waals surface area (Å²) in [7, 11) is -1.97. The Morgan fingerprint density at radius 1 is 1.16 bits per heavy atom. The number of aliphatic hydroxyl groups is 1. The maximum Gasteiger partial charge on any atom is 0.182 e. The van der Waals surface area contributed by atoms with Crippen molar-refractivity contribution in [3.63, 3.8) is 0 Å². The third-order valence-electron chi connectivity index (χ3n) is 7.37. The normalized spacial score (nSPS) is 16.7. The summed E-state index contributed by atoms with van der Waals surface area (Å²) < 4.78 is 32.0. The summed E-state index contributed by atoms with van der Waals surface area (Å²) in [6.07, 6.45) is 6.54. The van der Waals surface area contributed by atoms with Gasteiger partial charge in [0, 0.05) is 48.8 Å². The molecule has 0 radical (unpaired) electrons. The van der Waals surface area contributed by atoms with Crippen molar-refractivity contribution in [1.82, 2.24) is 15.0 Å². The van der Waals surface area contributed by atoms with E-state index in [-0.39, 0.29) is 29.1 Å². The molecule has 5 rings (SSSR count). The molecule has 0 unspecified atom stereocenters. The minimum atomic E-state index is -3.61. The Morgan fingerprint density at radius 2 is 2.00 bits per heavy atom. The van der Waals surface area contributed by atoms with Gasteiger partial charge in [-0.05, 0) is 54.9 Å². The molecule has 2 aliphatic rings. The molecule has 3 heterocycles. The maximum atomic E-state index is 13.0. The molecule has 0 amide bonds. The number of anilines is 2. The lowest BCUT2D eigenvalue weighted by Crippen LogP contribution is -2.31. The molecule has 1 aliphatic heterocycles. The van der Waals surface area contributed by atoms with Crippen molar-refractivity contribution in [2.45, 2.75) is 51.0 Å². The molecule has 0 bridgehead atoms. The summed E-state index contributed by atoms with van der Waals surface area (Å²) >= 11 is 0. The molecular formula is C28H35N5O4S. The van der Waals surface area contributed by atoms with Crippen molar-refractivity contribution in [1.29, 1.82) is 0 Å². The standard InChI is InChI=1S/C28H35N5O4S/c1-28(2)8-7-23-22(15-28)27(32-18-31-23)33-9-11-37-24-6-5-19(13-21(24)17-33)20-14-25(26(29-3)30-16-20)38(35,36)12-4-10-34/h5-6,13-14,16,18,34H,4,7-12,15,17H2,1-3H3,(H,29,30). The van der Waals surface area contributed by atoms with Crippen LogP contribution in [0.5, 0.6) is 5.75 Å². The highest BCUT2D eigenvalue weighted by Gasteiger charge is 2.31. The Balaban J connectivity index is 1.49. The van der Waals surface area contributed by atoms with E-state index in [1.54, 1.807) is 25.6 Å². The monoisotopic (exact) mass is 537 g/mol. The van der Waals surface area contributed by atoms with Crippen LogP contribution in [0.25, 0.3) is 11.1 Å². The largest absolute Gasteiger partial charge is 0.491 e. The molecular weight excluding hydrogens is 502 g/mol. The van der Waals surface area contributed by atoms with Gasteiger partial charge in [0.2, 0.25) is 0 Å². The zero-order valence-corrected chi connectivity index (χ0v) is 23.0. The lowest BCUT2D eigenvalue weighted by Gasteiger charge is -2.33. The van der Waals surface area contributed by atoms with Gasteiger partial charge in [-0.25, -0.2) is 23.4 Å². The van der Waals surface area contributed by atoms with E-state index in [1.807, 2.05) is 18.2 Å². The van der Waals surface area contributed by atoms with Crippen LogP contribution in [0, 0.1) is 5.41 Å². The average Bonchev–Trinajstić information content (AvgIpc) is 3.12. The van der Waals surface area contributed by atoms with Crippen LogP contribution in [0.15, 0.2) is 41.7 Å². The van der Waals surface area contributed by atoms with Gasteiger partial charge in [-0.2, -0.15) is 0 Å². The number of pyridine rings is 1. The van der Waals surface area contributed by atoms with Gasteiger partial charge >= 0.3 is 0 Å². The zero-order valence-electron chi connectivity index (χ0n) is 22.2. The Kier molecular flexibility index (Phi) is 7.28. The lowest BCUT2D eigenvalue weighted by molar-refractivity contribution is 0.295. The Bertz CT molecular complexity index is 1440. The molecule has 0 saturated carbocycles. The first kappa shape index (κ1) is 26.4. The number of sulfone groups is 1. The maximum absolute atomic E-state index is 13.0. The number of hydrogen-bond donors (Lipinski definition) is 2. The van der Waals surface area contributed by atoms with E-state index >= 15 is 0 Å². The molecule has 9 nitrogen and oxygen atoms in total. The van der Waals surface area contributed by atoms with Crippen LogP contribution in [0.2, 0.25) is 0 Å². The zero-order chi connectivity index (χ0) is 26.9. The molecule has 1 aromatic carbocycles. The van der Waals surface area contributed by atoms with Gasteiger partial charge in [0.15, 0.2) is 9.84 Å². The first-order valence-electron chi connectivity index (χ1n) is 13.1. The number of rotatable bonds is 7. The van der Waals surface area contributed by atoms with Gasteiger partial charge in [0.05, 0.1) is 12.3 Å². The van der Waals surface area contributed by atoms with Crippen molar-refractivity contribution in [2.24, 2.45) is 5.41 Å². The molecule has 1 aliphatic carbocycles. The van der Waals surface area contributed by atoms with Gasteiger partial charge in [0.25, 0.3) is 0 Å². The highest BCUT2D eigenvalue weighted by atomic mass is 32.2. The van der Waals surface area contributed by atoms with Crippen LogP contribution in [0.4, 0.5) is 11.6 Å². The number of aromatic nitrogens is 3. The first-order chi connectivity index (χ1) is 18.2. The predicted octanol–water partition coefficient (Wildman–Crippen LogP) is 3.65. The van der Waals surface area contributed by atoms with Crippen molar-refractivity contribution in [3.8, 4) is 16.9 Å². The van der Waals surface area contributed by atoms with E-state index in [1.165, 1.54) is 5.56 Å². The number of nitrogens with one attached hydrogen (secondary N) is 1. The smallest absolute Gasteiger partial charge is 0.182 e. The van der Waals surface area contributed by atoms with E-state index in [4.69, 9.17) is 14.8 Å². The Morgan fingerprint density at radius 3 is 2.79 bits per heavy atom. The number of benzene rings is 1. The second-order valence-corrected chi connectivity index (χ2v) is 12.9. The SMILES string of the molecule is CNc1ncc(-c2ccc3c(c2)CN(c2ncnc4c2CC(C)(C)CC4)CCO3)cc1S(=O)(=O)CCCO. The molecule has 10 heteroatoms. The van der Waals surface area contributed by atoms with E-state index < -0.39 is 9.84 Å². The summed E-state index contributed by atoms with van der Waals surface area (Å²) in [5, 5.41) is 12.0. The van der Waals surface area contributed by atoms with Gasteiger partial charge in [0.1, 0.15) is 35.2 Å². The van der Waals surface area contributed by atoms with Crippen molar-refractivity contribution >= 4 is 21.5 Å². The third-order valence-corrected chi connectivity index (χ3v) is 9.18. The molecule has 0 spiro atoms. The van der Waals surface area contributed by atoms with E-state index in [0.29, 0.717) is 31.1 Å². The minimum Gasteiger partial charge on any atom is -0.491 e. The molecule has 3 aromatic rings. The second kappa shape index (κ2) is 10.5. The van der Waals surface area contributed by atoms with Crippen LogP contribution >= 0.6 is 0 Å². The van der Waals surface area contributed by atoms with Crippen LogP contribution in [-0.2, 0) is 29.2 Å². The molecule has 202 valence electrons. The molecule has 0 saturated heterocycles. The summed E-state index contributed by atoms with van der Waals surface area (Å²) in [6, 6.07) is 7.58. The van der Waals surface area contributed by atoms with Gasteiger partial charge in [-0.3, -0.25) is 0 Å². The number of hydrogen-bond acceptors (Lipinski definition) is 9. The summed E-state index contributed by atoms with van der Waals surface area (Å²) in [4.78, 5) is 16.1. The van der Waals surface area contributed by atoms with Crippen molar-refractivity contribution in [3.05, 3.63) is 53.6 Å². The second-order valence-electron chi connectivity index (χ2n) is 10.8.